The van der Waals surface area contributed by atoms with Crippen LogP contribution < -0.4 is 0 Å². The van der Waals surface area contributed by atoms with Gasteiger partial charge in [0.25, 0.3) is 0 Å². The van der Waals surface area contributed by atoms with Gasteiger partial charge in [-0.2, -0.15) is 0 Å². The molecule has 0 aliphatic heterocycles. The summed E-state index contributed by atoms with van der Waals surface area (Å²) in [5.74, 6) is 2.33. The van der Waals surface area contributed by atoms with E-state index in [1.54, 1.807) is 0 Å². The molecule has 1 saturated carbocycles. The second-order valence-corrected chi connectivity index (χ2v) is 5.17. The molecule has 21 heavy (non-hydrogen) atoms. The molecule has 0 unspecified atom stereocenters. The van der Waals surface area contributed by atoms with E-state index in [1.165, 1.54) is 11.4 Å². The first-order valence-corrected chi connectivity index (χ1v) is 7.13. The highest BCUT2D eigenvalue weighted by molar-refractivity contribution is 5.80. The van der Waals surface area contributed by atoms with Gasteiger partial charge in [0.15, 0.2) is 0 Å². The monoisotopic (exact) mass is 271 g/mol. The molecule has 3 aromatic rings. The van der Waals surface area contributed by atoms with E-state index >= 15 is 0 Å². The van der Waals surface area contributed by atoms with Crippen molar-refractivity contribution in [2.75, 3.05) is 0 Å². The molecule has 2 aromatic carbocycles. The molecular weight excluding hydrogens is 256 g/mol. The lowest BCUT2D eigenvalue weighted by atomic mass is 10.1. The van der Waals surface area contributed by atoms with Crippen molar-refractivity contribution < 1.29 is 0 Å². The van der Waals surface area contributed by atoms with Crippen molar-refractivity contribution in [2.45, 2.75) is 6.54 Å². The van der Waals surface area contributed by atoms with E-state index in [0.29, 0.717) is 0 Å². The van der Waals surface area contributed by atoms with Gasteiger partial charge in [0.05, 0.1) is 11.0 Å². The van der Waals surface area contributed by atoms with Gasteiger partial charge in [-0.25, -0.2) is 4.98 Å². The Balaban J connectivity index is 1.84. The van der Waals surface area contributed by atoms with Crippen LogP contribution >= 0.6 is 0 Å². The Bertz CT molecular complexity index is 737. The van der Waals surface area contributed by atoms with E-state index in [4.69, 9.17) is 4.98 Å². The van der Waals surface area contributed by atoms with Crippen LogP contribution in [0.5, 0.6) is 0 Å². The molecular formula is C19H15N2. The molecule has 1 fully saturated rings. The molecule has 0 amide bonds. The quantitative estimate of drug-likeness (QED) is 0.701. The Labute approximate surface area is 125 Å². The zero-order chi connectivity index (χ0) is 14.1. The van der Waals surface area contributed by atoms with Crippen LogP contribution in [0.2, 0.25) is 0 Å². The van der Waals surface area contributed by atoms with Gasteiger partial charge in [-0.3, -0.25) is 0 Å². The van der Waals surface area contributed by atoms with Gasteiger partial charge in [-0.15, -0.1) is 0 Å². The second kappa shape index (κ2) is 5.36. The van der Waals surface area contributed by atoms with Crippen molar-refractivity contribution in [3.8, 4) is 11.4 Å². The predicted octanol–water partition coefficient (Wildman–Crippen LogP) is 4.11. The average molecular weight is 271 g/mol. The third kappa shape index (κ3) is 2.35. The van der Waals surface area contributed by atoms with Crippen molar-refractivity contribution in [3.05, 3.63) is 86.2 Å². The molecule has 0 atom stereocenters. The zero-order valence-corrected chi connectivity index (χ0v) is 11.6. The maximum Gasteiger partial charge on any atom is 0.141 e. The van der Waals surface area contributed by atoms with Crippen LogP contribution in [0.4, 0.5) is 0 Å². The maximum atomic E-state index is 4.83. The smallest absolute Gasteiger partial charge is 0.141 e. The molecule has 101 valence electrons. The van der Waals surface area contributed by atoms with Crippen LogP contribution in [0.15, 0.2) is 54.6 Å². The van der Waals surface area contributed by atoms with Crippen LogP contribution in [0, 0.1) is 31.6 Å². The summed E-state index contributed by atoms with van der Waals surface area (Å²) in [6.45, 7) is 0.845. The van der Waals surface area contributed by atoms with Crippen LogP contribution in [0.25, 0.3) is 22.4 Å². The number of hydrogen-bond donors (Lipinski definition) is 0. The van der Waals surface area contributed by atoms with Gasteiger partial charge in [-0.1, -0.05) is 42.5 Å². The first-order chi connectivity index (χ1) is 10.4. The topological polar surface area (TPSA) is 17.8 Å². The Hall–Kier alpha value is -2.09. The number of rotatable bonds is 3. The summed E-state index contributed by atoms with van der Waals surface area (Å²) in [5, 5.41) is 0. The molecule has 0 saturated heterocycles. The molecule has 5 radical (unpaired) electrons. The lowest BCUT2D eigenvalue weighted by molar-refractivity contribution is 0.773. The number of hydrogen-bond acceptors (Lipinski definition) is 1. The van der Waals surface area contributed by atoms with Gasteiger partial charge in [0, 0.05) is 18.0 Å². The molecule has 1 heterocycles. The molecule has 1 aliphatic rings. The molecule has 1 aliphatic carbocycles. The highest BCUT2D eigenvalue weighted by Gasteiger charge is 2.20. The summed E-state index contributed by atoms with van der Waals surface area (Å²) in [6, 6.07) is 18.7. The normalized spacial score (nSPS) is 15.8. The van der Waals surface area contributed by atoms with Crippen molar-refractivity contribution in [1.29, 1.82) is 0 Å². The number of para-hydroxylation sites is 2. The Morgan fingerprint density at radius 1 is 0.810 bits per heavy atom. The zero-order valence-electron chi connectivity index (χ0n) is 11.6. The van der Waals surface area contributed by atoms with Gasteiger partial charge in [0.1, 0.15) is 5.82 Å². The van der Waals surface area contributed by atoms with E-state index in [-0.39, 0.29) is 0 Å². The van der Waals surface area contributed by atoms with Crippen LogP contribution in [0.1, 0.15) is 0 Å². The van der Waals surface area contributed by atoms with Gasteiger partial charge < -0.3 is 4.57 Å². The van der Waals surface area contributed by atoms with Crippen LogP contribution in [-0.4, -0.2) is 9.55 Å². The van der Waals surface area contributed by atoms with E-state index in [1.807, 2.05) is 12.1 Å². The Morgan fingerprint density at radius 3 is 2.33 bits per heavy atom. The van der Waals surface area contributed by atoms with Crippen molar-refractivity contribution in [1.82, 2.24) is 9.55 Å². The van der Waals surface area contributed by atoms with Crippen LogP contribution in [0.3, 0.4) is 0 Å². The number of benzene rings is 2. The molecule has 1 aromatic heterocycles. The van der Waals surface area contributed by atoms with Crippen molar-refractivity contribution >= 4 is 11.0 Å². The Kier molecular flexibility index (Phi) is 3.23. The summed E-state index contributed by atoms with van der Waals surface area (Å²) < 4.78 is 2.29. The fraction of sp³-hybridized carbons (Fsp3) is 0.0526. The minimum absolute atomic E-state index is 0.845. The number of imidazole rings is 1. The summed E-state index contributed by atoms with van der Waals surface area (Å²) in [4.78, 5) is 4.83. The summed E-state index contributed by atoms with van der Waals surface area (Å²) in [7, 11) is 0. The first kappa shape index (κ1) is 12.6. The van der Waals surface area contributed by atoms with E-state index in [2.05, 4.69) is 72.7 Å². The first-order valence-electron chi connectivity index (χ1n) is 7.13. The number of aromatic nitrogens is 2. The molecule has 0 N–H and O–H groups in total. The fourth-order valence-corrected chi connectivity index (χ4v) is 2.75. The lowest BCUT2D eigenvalue weighted by Gasteiger charge is -2.13. The minimum Gasteiger partial charge on any atom is -0.323 e. The fourth-order valence-electron chi connectivity index (χ4n) is 2.75. The molecule has 4 rings (SSSR count). The number of fused-ring (bicyclic) bond motifs is 1. The third-order valence-electron chi connectivity index (χ3n) is 3.76. The van der Waals surface area contributed by atoms with Gasteiger partial charge in [0.2, 0.25) is 0 Å². The average Bonchev–Trinajstić information content (AvgIpc) is 3.17. The molecule has 0 spiro atoms. The van der Waals surface area contributed by atoms with Crippen molar-refractivity contribution in [3.63, 3.8) is 0 Å². The third-order valence-corrected chi connectivity index (χ3v) is 3.76. The highest BCUT2D eigenvalue weighted by Crippen LogP contribution is 2.30. The van der Waals surface area contributed by atoms with Crippen LogP contribution in [-0.2, 0) is 6.54 Å². The SMILES string of the molecule is [CH]1[CH][CH][C](Cn2c(-c3ccccc3)nc3ccccc32)[CH]1. The van der Waals surface area contributed by atoms with E-state index < -0.39 is 0 Å². The van der Waals surface area contributed by atoms with Gasteiger partial charge >= 0.3 is 0 Å². The summed E-state index contributed by atoms with van der Waals surface area (Å²) in [6.07, 6.45) is 8.47. The van der Waals surface area contributed by atoms with E-state index in [0.717, 1.165) is 23.4 Å². The largest absolute Gasteiger partial charge is 0.323 e. The summed E-state index contributed by atoms with van der Waals surface area (Å²) >= 11 is 0. The minimum atomic E-state index is 0.845. The molecule has 2 nitrogen and oxygen atoms in total. The Morgan fingerprint density at radius 2 is 1.52 bits per heavy atom. The van der Waals surface area contributed by atoms with Gasteiger partial charge in [-0.05, 0) is 37.8 Å². The standard InChI is InChI=1S/C19H15N2/c1-2-10-16(11-3-1)19-20-17-12-6-7-13-18(17)21(19)14-15-8-4-5-9-15/h1-13H,14H2. The second-order valence-electron chi connectivity index (χ2n) is 5.17. The van der Waals surface area contributed by atoms with E-state index in [9.17, 15) is 0 Å². The predicted molar refractivity (Wildman–Crippen MR) is 85.6 cm³/mol. The highest BCUT2D eigenvalue weighted by atomic mass is 15.1. The lowest BCUT2D eigenvalue weighted by Crippen LogP contribution is -2.07. The number of nitrogens with zero attached hydrogens (tertiary/aromatic N) is 2. The summed E-state index contributed by atoms with van der Waals surface area (Å²) in [5.41, 5.74) is 3.38. The maximum absolute atomic E-state index is 4.83. The molecule has 2 heteroatoms. The van der Waals surface area contributed by atoms with Crippen molar-refractivity contribution in [2.24, 2.45) is 0 Å². The molecule has 0 bridgehead atoms.